The molecule has 0 bridgehead atoms. The molecule has 1 saturated heterocycles. The molecule has 0 atom stereocenters. The number of carbonyl (C=O) groups excluding carboxylic acids is 2. The number of hydrogen-bond donors (Lipinski definition) is 0. The van der Waals surface area contributed by atoms with Crippen molar-refractivity contribution in [1.29, 1.82) is 0 Å². The molecule has 1 aromatic heterocycles. The van der Waals surface area contributed by atoms with Crippen LogP contribution < -0.4 is 4.90 Å². The van der Waals surface area contributed by atoms with Crippen molar-refractivity contribution in [2.24, 2.45) is 7.05 Å². The number of benzene rings is 2. The molecule has 0 unspecified atom stereocenters. The van der Waals surface area contributed by atoms with E-state index >= 15 is 0 Å². The van der Waals surface area contributed by atoms with E-state index in [2.05, 4.69) is 0 Å². The first kappa shape index (κ1) is 15.7. The van der Waals surface area contributed by atoms with Crippen molar-refractivity contribution in [3.8, 4) is 0 Å². The van der Waals surface area contributed by atoms with Crippen LogP contribution in [-0.2, 0) is 11.8 Å². The molecule has 2 heterocycles. The summed E-state index contributed by atoms with van der Waals surface area (Å²) in [5.41, 5.74) is 3.57. The summed E-state index contributed by atoms with van der Waals surface area (Å²) in [5.74, 6) is -0.266. The molecule has 2 aromatic carbocycles. The van der Waals surface area contributed by atoms with E-state index in [-0.39, 0.29) is 11.1 Å². The Morgan fingerprint density at radius 2 is 1.72 bits per heavy atom. The SMILES string of the molecule is Cc1ccccc1N1C(=O)S/C(=C\c2cn(C)c3ccccc23)C1=O. The molecular weight excluding hydrogens is 332 g/mol. The first-order valence-corrected chi connectivity index (χ1v) is 8.75. The first-order valence-electron chi connectivity index (χ1n) is 7.94. The zero-order valence-electron chi connectivity index (χ0n) is 13.9. The number of aryl methyl sites for hydroxylation is 2. The Balaban J connectivity index is 1.77. The zero-order valence-corrected chi connectivity index (χ0v) is 14.7. The molecule has 1 fully saturated rings. The summed E-state index contributed by atoms with van der Waals surface area (Å²) >= 11 is 0.987. The summed E-state index contributed by atoms with van der Waals surface area (Å²) in [6, 6.07) is 15.4. The Morgan fingerprint density at radius 1 is 1.00 bits per heavy atom. The van der Waals surface area contributed by atoms with Crippen LogP contribution in [0.2, 0.25) is 0 Å². The Hall–Kier alpha value is -2.79. The number of fused-ring (bicyclic) bond motifs is 1. The van der Waals surface area contributed by atoms with Gasteiger partial charge in [-0.15, -0.1) is 0 Å². The van der Waals surface area contributed by atoms with Crippen LogP contribution >= 0.6 is 11.8 Å². The highest BCUT2D eigenvalue weighted by atomic mass is 32.2. The number of nitrogens with zero attached hydrogens (tertiary/aromatic N) is 2. The van der Waals surface area contributed by atoms with Gasteiger partial charge in [-0.1, -0.05) is 36.4 Å². The zero-order chi connectivity index (χ0) is 17.6. The number of para-hydroxylation sites is 2. The number of anilines is 1. The lowest BCUT2D eigenvalue weighted by molar-refractivity contribution is -0.113. The lowest BCUT2D eigenvalue weighted by atomic mass is 10.1. The van der Waals surface area contributed by atoms with Crippen LogP contribution in [0.1, 0.15) is 11.1 Å². The van der Waals surface area contributed by atoms with Crippen molar-refractivity contribution in [3.63, 3.8) is 0 Å². The van der Waals surface area contributed by atoms with Crippen molar-refractivity contribution in [3.05, 3.63) is 70.8 Å². The normalized spacial score (nSPS) is 16.4. The second-order valence-electron chi connectivity index (χ2n) is 6.02. The minimum Gasteiger partial charge on any atom is -0.350 e. The number of rotatable bonds is 2. The van der Waals surface area contributed by atoms with Gasteiger partial charge in [0.15, 0.2) is 0 Å². The standard InChI is InChI=1S/C20H16N2O2S/c1-13-7-3-5-9-16(13)22-19(23)18(25-20(22)24)11-14-12-21(2)17-10-6-4-8-15(14)17/h3-12H,1-2H3/b18-11-. The minimum atomic E-state index is -0.266. The predicted molar refractivity (Wildman–Crippen MR) is 103 cm³/mol. The van der Waals surface area contributed by atoms with Gasteiger partial charge in [0.05, 0.1) is 10.6 Å². The smallest absolute Gasteiger partial charge is 0.298 e. The third-order valence-electron chi connectivity index (χ3n) is 4.36. The van der Waals surface area contributed by atoms with E-state index in [1.54, 1.807) is 6.07 Å². The van der Waals surface area contributed by atoms with Gasteiger partial charge in [0, 0.05) is 29.7 Å². The van der Waals surface area contributed by atoms with Crippen molar-refractivity contribution >= 4 is 45.6 Å². The fourth-order valence-corrected chi connectivity index (χ4v) is 3.94. The number of hydrogen-bond acceptors (Lipinski definition) is 3. The molecule has 124 valence electrons. The average molecular weight is 348 g/mol. The summed E-state index contributed by atoms with van der Waals surface area (Å²) in [6.07, 6.45) is 3.79. The molecule has 25 heavy (non-hydrogen) atoms. The van der Waals surface area contributed by atoms with E-state index in [0.29, 0.717) is 10.6 Å². The van der Waals surface area contributed by atoms with Gasteiger partial charge in [-0.2, -0.15) is 0 Å². The van der Waals surface area contributed by atoms with Gasteiger partial charge in [-0.05, 0) is 42.5 Å². The molecule has 1 aliphatic heterocycles. The lowest BCUT2D eigenvalue weighted by Gasteiger charge is -2.14. The maximum atomic E-state index is 12.8. The molecule has 4 nitrogen and oxygen atoms in total. The van der Waals surface area contributed by atoms with Crippen LogP contribution in [0.4, 0.5) is 10.5 Å². The van der Waals surface area contributed by atoms with Crippen LogP contribution in [0, 0.1) is 6.92 Å². The van der Waals surface area contributed by atoms with Gasteiger partial charge in [-0.25, -0.2) is 4.90 Å². The number of carbonyl (C=O) groups is 2. The van der Waals surface area contributed by atoms with E-state index < -0.39 is 0 Å². The number of thioether (sulfide) groups is 1. The number of aromatic nitrogens is 1. The van der Waals surface area contributed by atoms with E-state index in [0.717, 1.165) is 33.8 Å². The van der Waals surface area contributed by atoms with Crippen LogP contribution in [-0.4, -0.2) is 15.7 Å². The van der Waals surface area contributed by atoms with E-state index in [1.165, 1.54) is 4.90 Å². The van der Waals surface area contributed by atoms with E-state index in [4.69, 9.17) is 0 Å². The van der Waals surface area contributed by atoms with Gasteiger partial charge >= 0.3 is 0 Å². The second-order valence-corrected chi connectivity index (χ2v) is 7.01. The fourth-order valence-electron chi connectivity index (χ4n) is 3.12. The van der Waals surface area contributed by atoms with Crippen LogP contribution in [0.25, 0.3) is 17.0 Å². The van der Waals surface area contributed by atoms with Crippen molar-refractivity contribution in [2.75, 3.05) is 4.90 Å². The average Bonchev–Trinajstić information content (AvgIpc) is 3.06. The maximum Gasteiger partial charge on any atom is 0.298 e. The van der Waals surface area contributed by atoms with Crippen LogP contribution in [0.5, 0.6) is 0 Å². The first-order chi connectivity index (χ1) is 12.1. The Bertz CT molecular complexity index is 1050. The number of amides is 2. The monoisotopic (exact) mass is 348 g/mol. The predicted octanol–water partition coefficient (Wildman–Crippen LogP) is 4.73. The largest absolute Gasteiger partial charge is 0.350 e. The van der Waals surface area contributed by atoms with Gasteiger partial charge in [0.1, 0.15) is 0 Å². The molecule has 4 rings (SSSR count). The third kappa shape index (κ3) is 2.57. The highest BCUT2D eigenvalue weighted by Gasteiger charge is 2.37. The van der Waals surface area contributed by atoms with Gasteiger partial charge < -0.3 is 4.57 Å². The minimum absolute atomic E-state index is 0.259. The third-order valence-corrected chi connectivity index (χ3v) is 5.23. The second kappa shape index (κ2) is 5.93. The molecule has 0 saturated carbocycles. The molecule has 1 aliphatic rings. The topological polar surface area (TPSA) is 42.3 Å². The summed E-state index contributed by atoms with van der Waals surface area (Å²) < 4.78 is 2.02. The molecule has 0 spiro atoms. The summed E-state index contributed by atoms with van der Waals surface area (Å²) in [4.78, 5) is 27.0. The molecule has 3 aromatic rings. The molecular formula is C20H16N2O2S. The van der Waals surface area contributed by atoms with Crippen LogP contribution in [0.3, 0.4) is 0 Å². The fraction of sp³-hybridized carbons (Fsp3) is 0.100. The molecule has 0 radical (unpaired) electrons. The van der Waals surface area contributed by atoms with Crippen LogP contribution in [0.15, 0.2) is 59.6 Å². The quantitative estimate of drug-likeness (QED) is 0.629. The maximum absolute atomic E-state index is 12.8. The Kier molecular flexibility index (Phi) is 3.73. The summed E-state index contributed by atoms with van der Waals surface area (Å²) in [7, 11) is 1.97. The van der Waals surface area contributed by atoms with Gasteiger partial charge in [0.2, 0.25) is 0 Å². The number of imide groups is 1. The van der Waals surface area contributed by atoms with E-state index in [1.807, 2.05) is 73.3 Å². The summed E-state index contributed by atoms with van der Waals surface area (Å²) in [6.45, 7) is 1.90. The Labute approximate surface area is 149 Å². The van der Waals surface area contributed by atoms with Crippen molar-refractivity contribution < 1.29 is 9.59 Å². The summed E-state index contributed by atoms with van der Waals surface area (Å²) in [5, 5.41) is 0.804. The molecule has 0 N–H and O–H groups in total. The van der Waals surface area contributed by atoms with Crippen molar-refractivity contribution in [1.82, 2.24) is 4.57 Å². The molecule has 2 amide bonds. The van der Waals surface area contributed by atoms with E-state index in [9.17, 15) is 9.59 Å². The Morgan fingerprint density at radius 3 is 2.52 bits per heavy atom. The lowest BCUT2D eigenvalue weighted by Crippen LogP contribution is -2.28. The molecule has 5 heteroatoms. The van der Waals surface area contributed by atoms with Gasteiger partial charge in [-0.3, -0.25) is 9.59 Å². The highest BCUT2D eigenvalue weighted by molar-refractivity contribution is 8.19. The van der Waals surface area contributed by atoms with Gasteiger partial charge in [0.25, 0.3) is 11.1 Å². The molecule has 0 aliphatic carbocycles. The van der Waals surface area contributed by atoms with Crippen molar-refractivity contribution in [2.45, 2.75) is 6.92 Å². The highest BCUT2D eigenvalue weighted by Crippen LogP contribution is 2.37.